The van der Waals surface area contributed by atoms with E-state index in [2.05, 4.69) is 15.6 Å². The summed E-state index contributed by atoms with van der Waals surface area (Å²) >= 11 is 0. The van der Waals surface area contributed by atoms with Gasteiger partial charge in [-0.3, -0.25) is 0 Å². The van der Waals surface area contributed by atoms with Gasteiger partial charge in [0.25, 0.3) is 0 Å². The van der Waals surface area contributed by atoms with Gasteiger partial charge >= 0.3 is 12.2 Å². The molecular weight excluding hydrogens is 388 g/mol. The van der Waals surface area contributed by atoms with Gasteiger partial charge in [0.15, 0.2) is 0 Å². The van der Waals surface area contributed by atoms with Gasteiger partial charge in [0.05, 0.1) is 5.56 Å². The Bertz CT molecular complexity index is 818. The van der Waals surface area contributed by atoms with Gasteiger partial charge in [0.2, 0.25) is 0 Å². The van der Waals surface area contributed by atoms with Crippen LogP contribution in [0.3, 0.4) is 0 Å². The number of halogens is 4. The van der Waals surface area contributed by atoms with E-state index in [9.17, 15) is 22.4 Å². The quantitative estimate of drug-likeness (QED) is 0.739. The summed E-state index contributed by atoms with van der Waals surface area (Å²) in [5.74, 6) is 0.199. The van der Waals surface area contributed by atoms with Crippen molar-refractivity contribution < 1.29 is 22.4 Å². The van der Waals surface area contributed by atoms with E-state index in [-0.39, 0.29) is 17.9 Å². The summed E-state index contributed by atoms with van der Waals surface area (Å²) in [6, 6.07) is 8.47. The van der Waals surface area contributed by atoms with E-state index in [0.717, 1.165) is 12.3 Å². The van der Waals surface area contributed by atoms with Crippen LogP contribution >= 0.6 is 0 Å². The van der Waals surface area contributed by atoms with Gasteiger partial charge in [-0.05, 0) is 43.0 Å². The van der Waals surface area contributed by atoms with E-state index in [0.29, 0.717) is 50.3 Å². The number of nitrogens with one attached hydrogen (secondary N) is 2. The van der Waals surface area contributed by atoms with Crippen molar-refractivity contribution in [2.24, 2.45) is 0 Å². The van der Waals surface area contributed by atoms with Crippen LogP contribution in [0.15, 0.2) is 42.6 Å². The Hall–Kier alpha value is -2.84. The molecule has 0 atom stereocenters. The largest absolute Gasteiger partial charge is 0.417 e. The number of aromatic nitrogens is 1. The second kappa shape index (κ2) is 9.11. The third-order valence-corrected chi connectivity index (χ3v) is 4.87. The number of carbonyl (C=O) groups is 1. The maximum absolute atomic E-state index is 13.5. The number of alkyl halides is 3. The van der Waals surface area contributed by atoms with Crippen molar-refractivity contribution in [3.05, 3.63) is 59.5 Å². The maximum atomic E-state index is 13.5. The summed E-state index contributed by atoms with van der Waals surface area (Å²) in [5.41, 5.74) is -0.227. The number of amides is 2. The van der Waals surface area contributed by atoms with E-state index >= 15 is 0 Å². The molecule has 3 rings (SSSR count). The Kier molecular flexibility index (Phi) is 6.56. The summed E-state index contributed by atoms with van der Waals surface area (Å²) in [7, 11) is 0. The molecule has 2 N–H and O–H groups in total. The van der Waals surface area contributed by atoms with E-state index in [4.69, 9.17) is 0 Å². The normalized spacial score (nSPS) is 15.2. The Morgan fingerprint density at radius 2 is 1.86 bits per heavy atom. The zero-order chi connectivity index (χ0) is 20.9. The zero-order valence-electron chi connectivity index (χ0n) is 15.7. The van der Waals surface area contributed by atoms with Gasteiger partial charge in [-0.2, -0.15) is 13.2 Å². The number of nitrogens with zero attached hydrogens (tertiary/aromatic N) is 2. The third kappa shape index (κ3) is 5.82. The second-order valence-electron chi connectivity index (χ2n) is 6.91. The van der Waals surface area contributed by atoms with Crippen LogP contribution in [0.5, 0.6) is 0 Å². The first kappa shape index (κ1) is 20.9. The molecule has 2 aromatic rings. The van der Waals surface area contributed by atoms with Crippen LogP contribution in [0.2, 0.25) is 0 Å². The van der Waals surface area contributed by atoms with Crippen molar-refractivity contribution in [1.29, 1.82) is 0 Å². The number of piperidine rings is 1. The average molecular weight is 410 g/mol. The minimum atomic E-state index is -4.40. The number of hydrogen-bond donors (Lipinski definition) is 2. The number of hydrogen-bond acceptors (Lipinski definition) is 3. The van der Waals surface area contributed by atoms with Crippen molar-refractivity contribution in [3.63, 3.8) is 0 Å². The van der Waals surface area contributed by atoms with E-state index < -0.39 is 11.7 Å². The molecule has 9 heteroatoms. The lowest BCUT2D eigenvalue weighted by molar-refractivity contribution is -0.137. The first-order valence-corrected chi connectivity index (χ1v) is 9.39. The van der Waals surface area contributed by atoms with Crippen LogP contribution in [-0.2, 0) is 12.6 Å². The van der Waals surface area contributed by atoms with Gasteiger partial charge < -0.3 is 15.5 Å². The summed E-state index contributed by atoms with van der Waals surface area (Å²) in [4.78, 5) is 17.8. The van der Waals surface area contributed by atoms with Crippen LogP contribution in [0.1, 0.15) is 24.0 Å². The molecule has 0 spiro atoms. The molecule has 1 fully saturated rings. The molecule has 156 valence electrons. The van der Waals surface area contributed by atoms with Crippen LogP contribution in [0.25, 0.3) is 0 Å². The second-order valence-corrected chi connectivity index (χ2v) is 6.91. The highest BCUT2D eigenvalue weighted by atomic mass is 19.4. The SMILES string of the molecule is O=C(NCCc1ccccc1F)NC1CCN(c2ccc(C(F)(F)F)cn2)CC1. The predicted octanol–water partition coefficient (Wildman–Crippen LogP) is 3.75. The molecule has 1 aromatic carbocycles. The fourth-order valence-corrected chi connectivity index (χ4v) is 3.24. The number of carbonyl (C=O) groups excluding carboxylic acids is 1. The van der Waals surface area contributed by atoms with Gasteiger partial charge in [-0.25, -0.2) is 14.2 Å². The summed E-state index contributed by atoms with van der Waals surface area (Å²) < 4.78 is 51.4. The molecule has 0 saturated carbocycles. The van der Waals surface area contributed by atoms with Gasteiger partial charge in [0.1, 0.15) is 11.6 Å². The fraction of sp³-hybridized carbons (Fsp3) is 0.400. The van der Waals surface area contributed by atoms with Crippen molar-refractivity contribution in [1.82, 2.24) is 15.6 Å². The van der Waals surface area contributed by atoms with Crippen LogP contribution in [-0.4, -0.2) is 36.7 Å². The highest BCUT2D eigenvalue weighted by Crippen LogP contribution is 2.29. The van der Waals surface area contributed by atoms with Crippen molar-refractivity contribution in [3.8, 4) is 0 Å². The van der Waals surface area contributed by atoms with Gasteiger partial charge in [-0.15, -0.1) is 0 Å². The monoisotopic (exact) mass is 410 g/mol. The highest BCUT2D eigenvalue weighted by molar-refractivity contribution is 5.74. The molecule has 2 heterocycles. The minimum Gasteiger partial charge on any atom is -0.356 e. The molecule has 0 unspecified atom stereocenters. The van der Waals surface area contributed by atoms with Gasteiger partial charge in [0, 0.05) is 31.9 Å². The molecule has 1 aromatic heterocycles. The molecule has 1 saturated heterocycles. The van der Waals surface area contributed by atoms with Crippen molar-refractivity contribution in [2.75, 3.05) is 24.5 Å². The van der Waals surface area contributed by atoms with E-state index in [1.165, 1.54) is 12.1 Å². The van der Waals surface area contributed by atoms with E-state index in [1.54, 1.807) is 18.2 Å². The predicted molar refractivity (Wildman–Crippen MR) is 101 cm³/mol. The molecule has 5 nitrogen and oxygen atoms in total. The first-order chi connectivity index (χ1) is 13.8. The standard InChI is InChI=1S/C20H22F4N4O/c21-17-4-2-1-3-14(17)7-10-25-19(29)27-16-8-11-28(12-9-16)18-6-5-15(13-26-18)20(22,23)24/h1-6,13,16H,7-12H2,(H2,25,27,29). The summed E-state index contributed by atoms with van der Waals surface area (Å²) in [5, 5.41) is 5.60. The summed E-state index contributed by atoms with van der Waals surface area (Å²) in [6.45, 7) is 1.48. The zero-order valence-corrected chi connectivity index (χ0v) is 15.7. The Balaban J connectivity index is 1.40. The molecule has 0 radical (unpaired) electrons. The topological polar surface area (TPSA) is 57.3 Å². The van der Waals surface area contributed by atoms with E-state index in [1.807, 2.05) is 4.90 Å². The Morgan fingerprint density at radius 1 is 1.14 bits per heavy atom. The average Bonchev–Trinajstić information content (AvgIpc) is 2.69. The van der Waals surface area contributed by atoms with Gasteiger partial charge in [-0.1, -0.05) is 18.2 Å². The van der Waals surface area contributed by atoms with Crippen LogP contribution in [0.4, 0.5) is 28.2 Å². The maximum Gasteiger partial charge on any atom is 0.417 e. The van der Waals surface area contributed by atoms with Crippen molar-refractivity contribution in [2.45, 2.75) is 31.5 Å². The Morgan fingerprint density at radius 3 is 2.48 bits per heavy atom. The lowest BCUT2D eigenvalue weighted by atomic mass is 10.1. The minimum absolute atomic E-state index is 0.0332. The third-order valence-electron chi connectivity index (χ3n) is 4.87. The van der Waals surface area contributed by atoms with Crippen LogP contribution < -0.4 is 15.5 Å². The first-order valence-electron chi connectivity index (χ1n) is 9.39. The number of rotatable bonds is 5. The molecule has 1 aliphatic heterocycles. The molecule has 2 amide bonds. The molecule has 0 aliphatic carbocycles. The molecule has 1 aliphatic rings. The molecule has 29 heavy (non-hydrogen) atoms. The molecular formula is C20H22F4N4O. The molecule has 0 bridgehead atoms. The van der Waals surface area contributed by atoms with Crippen molar-refractivity contribution >= 4 is 11.8 Å². The van der Waals surface area contributed by atoms with Crippen LogP contribution in [0, 0.1) is 5.82 Å². The Labute approximate surface area is 166 Å². The summed E-state index contributed by atoms with van der Waals surface area (Å²) in [6.07, 6.45) is -1.85. The highest BCUT2D eigenvalue weighted by Gasteiger charge is 2.31. The fourth-order valence-electron chi connectivity index (χ4n) is 3.24. The number of pyridine rings is 1. The lowest BCUT2D eigenvalue weighted by Crippen LogP contribution is -2.48. The number of anilines is 1. The number of urea groups is 1. The smallest absolute Gasteiger partial charge is 0.356 e. The number of benzene rings is 1. The lowest BCUT2D eigenvalue weighted by Gasteiger charge is -2.33.